The van der Waals surface area contributed by atoms with E-state index in [1.54, 1.807) is 37.8 Å². The summed E-state index contributed by atoms with van der Waals surface area (Å²) in [6.07, 6.45) is 2.15. The monoisotopic (exact) mass is 431 g/mol. The molecular formula is C22H23F2N3O4. The zero-order valence-corrected chi connectivity index (χ0v) is 17.5. The highest BCUT2D eigenvalue weighted by Gasteiger charge is 2.36. The van der Waals surface area contributed by atoms with Crippen molar-refractivity contribution in [2.45, 2.75) is 32.1 Å². The van der Waals surface area contributed by atoms with Crippen LogP contribution < -0.4 is 10.1 Å². The van der Waals surface area contributed by atoms with Crippen molar-refractivity contribution < 1.29 is 27.8 Å². The van der Waals surface area contributed by atoms with Crippen molar-refractivity contribution in [3.63, 3.8) is 0 Å². The molecule has 0 fully saturated rings. The maximum atomic E-state index is 13.9. The van der Waals surface area contributed by atoms with Crippen molar-refractivity contribution in [1.82, 2.24) is 14.7 Å². The Morgan fingerprint density at radius 1 is 1.23 bits per heavy atom. The van der Waals surface area contributed by atoms with E-state index in [0.717, 1.165) is 17.8 Å². The standard InChI is InChI=1S/C22H23F2N3O4/c1-22(5-7-31-19-10-18(24)17(23)9-16(19)22)26-21(28)15-4-6-27-14(12-30-3)8-13(11-29-2)25-20(15)27/h4,6,8-10H,5,7,11-12H2,1-3H3,(H,26,28). The lowest BCUT2D eigenvalue weighted by Gasteiger charge is -2.36. The van der Waals surface area contributed by atoms with E-state index >= 15 is 0 Å². The summed E-state index contributed by atoms with van der Waals surface area (Å²) in [7, 11) is 3.16. The van der Waals surface area contributed by atoms with Crippen LogP contribution in [0, 0.1) is 11.6 Å². The van der Waals surface area contributed by atoms with Gasteiger partial charge in [0, 0.05) is 38.5 Å². The van der Waals surface area contributed by atoms with Gasteiger partial charge in [-0.3, -0.25) is 4.79 Å². The Balaban J connectivity index is 1.72. The number of amides is 1. The topological polar surface area (TPSA) is 74.1 Å². The molecule has 1 atom stereocenters. The quantitative estimate of drug-likeness (QED) is 0.648. The van der Waals surface area contributed by atoms with Gasteiger partial charge >= 0.3 is 0 Å². The largest absolute Gasteiger partial charge is 0.493 e. The summed E-state index contributed by atoms with van der Waals surface area (Å²) in [4.78, 5) is 17.8. The second-order valence-electron chi connectivity index (χ2n) is 7.68. The molecule has 3 aromatic rings. The van der Waals surface area contributed by atoms with Gasteiger partial charge in [0.1, 0.15) is 11.4 Å². The number of nitrogens with zero attached hydrogens (tertiary/aromatic N) is 2. The van der Waals surface area contributed by atoms with Crippen LogP contribution in [-0.4, -0.2) is 36.1 Å². The first-order valence-corrected chi connectivity index (χ1v) is 9.79. The lowest BCUT2D eigenvalue weighted by Crippen LogP contribution is -2.46. The number of hydrogen-bond acceptors (Lipinski definition) is 5. The van der Waals surface area contributed by atoms with Crippen LogP contribution in [0.15, 0.2) is 30.5 Å². The Hall–Kier alpha value is -3.04. The zero-order valence-electron chi connectivity index (χ0n) is 17.5. The van der Waals surface area contributed by atoms with E-state index in [2.05, 4.69) is 10.3 Å². The molecule has 1 N–H and O–H groups in total. The second kappa shape index (κ2) is 8.24. The first-order valence-electron chi connectivity index (χ1n) is 9.79. The lowest BCUT2D eigenvalue weighted by molar-refractivity contribution is 0.0874. The van der Waals surface area contributed by atoms with E-state index in [1.165, 1.54) is 0 Å². The number of nitrogens with one attached hydrogen (secondary N) is 1. The molecule has 0 aliphatic carbocycles. The molecule has 3 heterocycles. The predicted octanol–water partition coefficient (Wildman–Crippen LogP) is 3.33. The summed E-state index contributed by atoms with van der Waals surface area (Å²) in [5.41, 5.74) is 1.75. The fourth-order valence-corrected chi connectivity index (χ4v) is 3.88. The first-order chi connectivity index (χ1) is 14.9. The van der Waals surface area contributed by atoms with Crippen molar-refractivity contribution >= 4 is 11.6 Å². The Morgan fingerprint density at radius 2 is 1.97 bits per heavy atom. The summed E-state index contributed by atoms with van der Waals surface area (Å²) in [6.45, 7) is 2.65. The molecule has 1 amide bonds. The molecule has 1 aromatic carbocycles. The van der Waals surface area contributed by atoms with Crippen LogP contribution in [0.3, 0.4) is 0 Å². The molecule has 0 bridgehead atoms. The van der Waals surface area contributed by atoms with Gasteiger partial charge in [-0.25, -0.2) is 13.8 Å². The van der Waals surface area contributed by atoms with Crippen molar-refractivity contribution in [2.24, 2.45) is 0 Å². The molecule has 9 heteroatoms. The molecule has 0 radical (unpaired) electrons. The Labute approximate surface area is 177 Å². The number of rotatable bonds is 6. The summed E-state index contributed by atoms with van der Waals surface area (Å²) in [5.74, 6) is -2.15. The average Bonchev–Trinajstić information content (AvgIpc) is 3.14. The number of hydrogen-bond donors (Lipinski definition) is 1. The molecule has 1 unspecified atom stereocenters. The Bertz CT molecular complexity index is 1150. The van der Waals surface area contributed by atoms with Gasteiger partial charge in [-0.05, 0) is 25.1 Å². The minimum Gasteiger partial charge on any atom is -0.493 e. The highest BCUT2D eigenvalue weighted by Crippen LogP contribution is 2.38. The van der Waals surface area contributed by atoms with Crippen LogP contribution in [0.2, 0.25) is 0 Å². The highest BCUT2D eigenvalue weighted by atomic mass is 19.2. The van der Waals surface area contributed by atoms with E-state index < -0.39 is 17.2 Å². The van der Waals surface area contributed by atoms with Crippen LogP contribution in [0.25, 0.3) is 5.65 Å². The molecule has 1 aliphatic rings. The predicted molar refractivity (Wildman–Crippen MR) is 108 cm³/mol. The third-order valence-electron chi connectivity index (χ3n) is 5.45. The minimum atomic E-state index is -0.992. The number of benzene rings is 1. The summed E-state index contributed by atoms with van der Waals surface area (Å²) in [6, 6.07) is 5.61. The van der Waals surface area contributed by atoms with Crippen LogP contribution >= 0.6 is 0 Å². The van der Waals surface area contributed by atoms with Gasteiger partial charge in [-0.15, -0.1) is 0 Å². The van der Waals surface area contributed by atoms with Gasteiger partial charge in [-0.1, -0.05) is 0 Å². The average molecular weight is 431 g/mol. The zero-order chi connectivity index (χ0) is 22.2. The second-order valence-corrected chi connectivity index (χ2v) is 7.68. The van der Waals surface area contributed by atoms with E-state index in [-0.39, 0.29) is 24.9 Å². The van der Waals surface area contributed by atoms with Crippen molar-refractivity contribution in [3.8, 4) is 5.75 Å². The third kappa shape index (κ3) is 3.86. The minimum absolute atomic E-state index is 0.220. The molecule has 0 saturated heterocycles. The molecule has 0 saturated carbocycles. The normalized spacial score (nSPS) is 18.0. The van der Waals surface area contributed by atoms with Gasteiger partial charge in [0.05, 0.1) is 42.3 Å². The highest BCUT2D eigenvalue weighted by molar-refractivity contribution is 6.00. The SMILES string of the molecule is COCc1cc(COC)n2ccc(C(=O)NC3(C)CCOc4cc(F)c(F)cc43)c2n1. The molecule has 164 valence electrons. The van der Waals surface area contributed by atoms with Crippen LogP contribution in [0.1, 0.15) is 40.7 Å². The smallest absolute Gasteiger partial charge is 0.255 e. The number of carbonyl (C=O) groups excluding carboxylic acids is 1. The number of ether oxygens (including phenoxy) is 3. The van der Waals surface area contributed by atoms with Crippen LogP contribution in [0.5, 0.6) is 5.75 Å². The van der Waals surface area contributed by atoms with E-state index in [9.17, 15) is 13.6 Å². The van der Waals surface area contributed by atoms with Gasteiger partial charge in [-0.2, -0.15) is 0 Å². The molecule has 31 heavy (non-hydrogen) atoms. The summed E-state index contributed by atoms with van der Waals surface area (Å²) >= 11 is 0. The van der Waals surface area contributed by atoms with Crippen molar-refractivity contribution in [3.05, 3.63) is 64.6 Å². The van der Waals surface area contributed by atoms with Crippen LogP contribution in [-0.2, 0) is 28.2 Å². The van der Waals surface area contributed by atoms with Gasteiger partial charge in [0.15, 0.2) is 11.6 Å². The number of aromatic nitrogens is 2. The van der Waals surface area contributed by atoms with Crippen molar-refractivity contribution in [1.29, 1.82) is 0 Å². The van der Waals surface area contributed by atoms with Crippen LogP contribution in [0.4, 0.5) is 8.78 Å². The van der Waals surface area contributed by atoms with Crippen molar-refractivity contribution in [2.75, 3.05) is 20.8 Å². The third-order valence-corrected chi connectivity index (χ3v) is 5.45. The summed E-state index contributed by atoms with van der Waals surface area (Å²) in [5, 5.41) is 2.97. The maximum Gasteiger partial charge on any atom is 0.255 e. The lowest BCUT2D eigenvalue weighted by atomic mass is 9.86. The molecule has 7 nitrogen and oxygen atoms in total. The maximum absolute atomic E-state index is 13.9. The fourth-order valence-electron chi connectivity index (χ4n) is 3.88. The van der Waals surface area contributed by atoms with E-state index in [0.29, 0.717) is 35.5 Å². The van der Waals surface area contributed by atoms with Gasteiger partial charge < -0.3 is 23.9 Å². The molecular weight excluding hydrogens is 408 g/mol. The van der Waals surface area contributed by atoms with E-state index in [4.69, 9.17) is 14.2 Å². The van der Waals surface area contributed by atoms with Gasteiger partial charge in [0.2, 0.25) is 0 Å². The fraction of sp³-hybridized carbons (Fsp3) is 0.364. The Kier molecular flexibility index (Phi) is 5.63. The molecule has 4 rings (SSSR count). The first kappa shape index (κ1) is 21.2. The number of fused-ring (bicyclic) bond motifs is 2. The number of carbonyl (C=O) groups is 1. The van der Waals surface area contributed by atoms with Gasteiger partial charge in [0.25, 0.3) is 5.91 Å². The van der Waals surface area contributed by atoms with E-state index in [1.807, 2.05) is 6.07 Å². The molecule has 0 spiro atoms. The molecule has 1 aliphatic heterocycles. The summed E-state index contributed by atoms with van der Waals surface area (Å²) < 4.78 is 45.3. The number of halogens is 2. The Morgan fingerprint density at radius 3 is 2.71 bits per heavy atom. The molecule has 2 aromatic heterocycles. The number of methoxy groups -OCH3 is 2.